The van der Waals surface area contributed by atoms with Crippen LogP contribution in [0.1, 0.15) is 25.3 Å². The zero-order valence-corrected chi connectivity index (χ0v) is 13.4. The standard InChI is InChI=1S/C16H17BrN2O2/c1-16(15(20)21)7-3-9-19(16)10-11-5-6-13(17)12-4-2-8-18-14(11)12/h2,4-6,8H,3,7,9-10H2,1H3,(H,20,21). The summed E-state index contributed by atoms with van der Waals surface area (Å²) < 4.78 is 1.01. The number of benzene rings is 1. The Balaban J connectivity index is 1.99. The van der Waals surface area contributed by atoms with E-state index in [0.29, 0.717) is 13.0 Å². The molecule has 1 aromatic carbocycles. The number of likely N-dealkylation sites (tertiary alicyclic amines) is 1. The highest BCUT2D eigenvalue weighted by Gasteiger charge is 2.43. The van der Waals surface area contributed by atoms with Crippen molar-refractivity contribution in [2.45, 2.75) is 31.8 Å². The number of carboxylic acids is 1. The van der Waals surface area contributed by atoms with E-state index >= 15 is 0 Å². The van der Waals surface area contributed by atoms with Gasteiger partial charge in [0.05, 0.1) is 5.52 Å². The summed E-state index contributed by atoms with van der Waals surface area (Å²) in [5.41, 5.74) is 1.24. The first kappa shape index (κ1) is 14.5. The first-order valence-electron chi connectivity index (χ1n) is 7.03. The van der Waals surface area contributed by atoms with Crippen LogP contribution >= 0.6 is 15.9 Å². The highest BCUT2D eigenvalue weighted by Crippen LogP contribution is 2.33. The van der Waals surface area contributed by atoms with Crippen LogP contribution in [0.4, 0.5) is 0 Å². The number of carbonyl (C=O) groups is 1. The Kier molecular flexibility index (Phi) is 3.71. The van der Waals surface area contributed by atoms with Crippen LogP contribution in [-0.4, -0.2) is 33.0 Å². The summed E-state index contributed by atoms with van der Waals surface area (Å²) in [5, 5.41) is 10.6. The zero-order chi connectivity index (χ0) is 15.0. The summed E-state index contributed by atoms with van der Waals surface area (Å²) in [6.07, 6.45) is 3.40. The average Bonchev–Trinajstić information content (AvgIpc) is 2.85. The lowest BCUT2D eigenvalue weighted by atomic mass is 9.98. The molecule has 1 fully saturated rings. The van der Waals surface area contributed by atoms with E-state index in [1.807, 2.05) is 36.1 Å². The number of rotatable bonds is 3. The zero-order valence-electron chi connectivity index (χ0n) is 11.8. The molecule has 1 aromatic heterocycles. The van der Waals surface area contributed by atoms with Crippen LogP contribution in [0, 0.1) is 0 Å². The maximum absolute atomic E-state index is 11.6. The molecular weight excluding hydrogens is 332 g/mol. The molecule has 1 aliphatic heterocycles. The van der Waals surface area contributed by atoms with E-state index in [-0.39, 0.29) is 0 Å². The van der Waals surface area contributed by atoms with Crippen LogP contribution in [0.5, 0.6) is 0 Å². The van der Waals surface area contributed by atoms with Crippen LogP contribution in [0.15, 0.2) is 34.9 Å². The Hall–Kier alpha value is -1.46. The molecule has 3 rings (SSSR count). The lowest BCUT2D eigenvalue weighted by molar-refractivity contribution is -0.148. The van der Waals surface area contributed by atoms with Gasteiger partial charge in [-0.2, -0.15) is 0 Å². The van der Waals surface area contributed by atoms with Gasteiger partial charge in [0.1, 0.15) is 5.54 Å². The lowest BCUT2D eigenvalue weighted by Gasteiger charge is -2.31. The molecule has 0 radical (unpaired) electrons. The van der Waals surface area contributed by atoms with Crippen LogP contribution in [0.25, 0.3) is 10.9 Å². The highest BCUT2D eigenvalue weighted by atomic mass is 79.9. The van der Waals surface area contributed by atoms with Crippen molar-refractivity contribution in [1.82, 2.24) is 9.88 Å². The molecule has 0 aliphatic carbocycles. The van der Waals surface area contributed by atoms with E-state index in [4.69, 9.17) is 0 Å². The fraction of sp³-hybridized carbons (Fsp3) is 0.375. The van der Waals surface area contributed by atoms with E-state index < -0.39 is 11.5 Å². The third-order valence-corrected chi connectivity index (χ3v) is 5.10. The van der Waals surface area contributed by atoms with Gasteiger partial charge in [-0.15, -0.1) is 0 Å². The Morgan fingerprint density at radius 2 is 2.29 bits per heavy atom. The summed E-state index contributed by atoms with van der Waals surface area (Å²) >= 11 is 3.54. The van der Waals surface area contributed by atoms with Gasteiger partial charge >= 0.3 is 5.97 Å². The molecular formula is C16H17BrN2O2. The molecule has 0 amide bonds. The second-order valence-corrected chi connectivity index (χ2v) is 6.56. The molecule has 5 heteroatoms. The van der Waals surface area contributed by atoms with Crippen LogP contribution < -0.4 is 0 Å². The van der Waals surface area contributed by atoms with Crippen molar-refractivity contribution in [2.24, 2.45) is 0 Å². The summed E-state index contributed by atoms with van der Waals surface area (Å²) in [4.78, 5) is 18.1. The molecule has 2 aromatic rings. The maximum atomic E-state index is 11.6. The van der Waals surface area contributed by atoms with E-state index in [9.17, 15) is 9.90 Å². The topological polar surface area (TPSA) is 53.4 Å². The van der Waals surface area contributed by atoms with Crippen molar-refractivity contribution in [3.8, 4) is 0 Å². The molecule has 1 saturated heterocycles. The molecule has 1 N–H and O–H groups in total. The van der Waals surface area contributed by atoms with Gasteiger partial charge in [-0.3, -0.25) is 14.7 Å². The molecule has 1 unspecified atom stereocenters. The van der Waals surface area contributed by atoms with E-state index in [2.05, 4.69) is 20.9 Å². The fourth-order valence-electron chi connectivity index (χ4n) is 3.04. The SMILES string of the molecule is CC1(C(=O)O)CCCN1Cc1ccc(Br)c2cccnc12. The minimum absolute atomic E-state index is 0.615. The van der Waals surface area contributed by atoms with Gasteiger partial charge in [0.15, 0.2) is 0 Å². The normalized spacial score (nSPS) is 22.8. The number of hydrogen-bond donors (Lipinski definition) is 1. The van der Waals surface area contributed by atoms with Crippen LogP contribution in [-0.2, 0) is 11.3 Å². The van der Waals surface area contributed by atoms with E-state index in [0.717, 1.165) is 33.9 Å². The predicted molar refractivity (Wildman–Crippen MR) is 85.1 cm³/mol. The predicted octanol–water partition coefficient (Wildman–Crippen LogP) is 3.44. The first-order chi connectivity index (χ1) is 10.0. The van der Waals surface area contributed by atoms with Gasteiger partial charge in [0.25, 0.3) is 0 Å². The number of aliphatic carboxylic acids is 1. The number of pyridine rings is 1. The van der Waals surface area contributed by atoms with Crippen molar-refractivity contribution in [3.63, 3.8) is 0 Å². The third kappa shape index (κ3) is 2.45. The molecule has 1 atom stereocenters. The first-order valence-corrected chi connectivity index (χ1v) is 7.82. The molecule has 0 bridgehead atoms. The molecule has 110 valence electrons. The van der Waals surface area contributed by atoms with Gasteiger partial charge in [0, 0.05) is 22.6 Å². The number of fused-ring (bicyclic) bond motifs is 1. The Morgan fingerprint density at radius 3 is 3.05 bits per heavy atom. The summed E-state index contributed by atoms with van der Waals surface area (Å²) in [6.45, 7) is 3.24. The molecule has 21 heavy (non-hydrogen) atoms. The van der Waals surface area contributed by atoms with Crippen molar-refractivity contribution in [1.29, 1.82) is 0 Å². The fourth-order valence-corrected chi connectivity index (χ4v) is 3.50. The Morgan fingerprint density at radius 1 is 1.48 bits per heavy atom. The van der Waals surface area contributed by atoms with Gasteiger partial charge in [-0.25, -0.2) is 0 Å². The Bertz CT molecular complexity index is 704. The second-order valence-electron chi connectivity index (χ2n) is 5.71. The molecule has 4 nitrogen and oxygen atoms in total. The quantitative estimate of drug-likeness (QED) is 0.922. The van der Waals surface area contributed by atoms with Gasteiger partial charge < -0.3 is 5.11 Å². The third-order valence-electron chi connectivity index (χ3n) is 4.41. The summed E-state index contributed by atoms with van der Waals surface area (Å²) in [7, 11) is 0. The summed E-state index contributed by atoms with van der Waals surface area (Å²) in [6, 6.07) is 7.97. The van der Waals surface area contributed by atoms with Crippen molar-refractivity contribution >= 4 is 32.8 Å². The molecule has 2 heterocycles. The largest absolute Gasteiger partial charge is 0.480 e. The van der Waals surface area contributed by atoms with Crippen molar-refractivity contribution in [3.05, 3.63) is 40.5 Å². The molecule has 0 saturated carbocycles. The monoisotopic (exact) mass is 348 g/mol. The lowest BCUT2D eigenvalue weighted by Crippen LogP contribution is -2.47. The number of halogens is 1. The van der Waals surface area contributed by atoms with Crippen molar-refractivity contribution in [2.75, 3.05) is 6.54 Å². The Labute approximate surface area is 131 Å². The van der Waals surface area contributed by atoms with Crippen LogP contribution in [0.3, 0.4) is 0 Å². The minimum Gasteiger partial charge on any atom is -0.480 e. The number of hydrogen-bond acceptors (Lipinski definition) is 3. The highest BCUT2D eigenvalue weighted by molar-refractivity contribution is 9.10. The van der Waals surface area contributed by atoms with Crippen LogP contribution in [0.2, 0.25) is 0 Å². The van der Waals surface area contributed by atoms with Gasteiger partial charge in [0.2, 0.25) is 0 Å². The average molecular weight is 349 g/mol. The van der Waals surface area contributed by atoms with E-state index in [1.54, 1.807) is 6.20 Å². The summed E-state index contributed by atoms with van der Waals surface area (Å²) in [5.74, 6) is -0.741. The molecule has 0 spiro atoms. The van der Waals surface area contributed by atoms with Gasteiger partial charge in [-0.1, -0.05) is 28.1 Å². The number of nitrogens with zero attached hydrogens (tertiary/aromatic N) is 2. The molecule has 1 aliphatic rings. The van der Waals surface area contributed by atoms with E-state index in [1.165, 1.54) is 0 Å². The number of carboxylic acid groups (broad SMARTS) is 1. The minimum atomic E-state index is -0.770. The second kappa shape index (κ2) is 5.39. The van der Waals surface area contributed by atoms with Gasteiger partial charge in [-0.05, 0) is 44.0 Å². The smallest absolute Gasteiger partial charge is 0.323 e. The maximum Gasteiger partial charge on any atom is 0.323 e. The van der Waals surface area contributed by atoms with Crippen molar-refractivity contribution < 1.29 is 9.90 Å². The number of aromatic nitrogens is 1.